The molecule has 0 atom stereocenters. The third-order valence-electron chi connectivity index (χ3n) is 3.02. The third-order valence-corrected chi connectivity index (χ3v) is 3.02. The minimum Gasteiger partial charge on any atom is -0.504 e. The maximum Gasteiger partial charge on any atom is 0.323 e. The Hall–Kier alpha value is -3.22. The SMILES string of the molecule is O=C(COc1ccccc1O)Nc1ccc2[nH]c(=O)[nH]c2c1. The largest absolute Gasteiger partial charge is 0.504 e. The quantitative estimate of drug-likeness (QED) is 0.586. The number of benzene rings is 2. The van der Waals surface area contributed by atoms with Gasteiger partial charge in [0.15, 0.2) is 18.1 Å². The van der Waals surface area contributed by atoms with Crippen LogP contribution in [-0.4, -0.2) is 27.6 Å². The number of imidazole rings is 1. The number of ether oxygens (including phenoxy) is 1. The highest BCUT2D eigenvalue weighted by molar-refractivity contribution is 5.93. The van der Waals surface area contributed by atoms with Crippen LogP contribution in [0.25, 0.3) is 11.0 Å². The van der Waals surface area contributed by atoms with Crippen molar-refractivity contribution in [2.75, 3.05) is 11.9 Å². The summed E-state index contributed by atoms with van der Waals surface area (Å²) in [6, 6.07) is 11.4. The van der Waals surface area contributed by atoms with Crippen molar-refractivity contribution in [2.45, 2.75) is 0 Å². The van der Waals surface area contributed by atoms with E-state index in [-0.39, 0.29) is 29.7 Å². The summed E-state index contributed by atoms with van der Waals surface area (Å²) in [5, 5.41) is 12.2. The molecule has 0 spiro atoms. The minimum absolute atomic E-state index is 0.0263. The van der Waals surface area contributed by atoms with E-state index in [1.54, 1.807) is 36.4 Å². The molecule has 112 valence electrons. The summed E-state index contributed by atoms with van der Waals surface area (Å²) in [5.41, 5.74) is 1.49. The number of aromatic nitrogens is 2. The van der Waals surface area contributed by atoms with Gasteiger partial charge in [0.25, 0.3) is 5.91 Å². The molecule has 0 saturated heterocycles. The summed E-state index contributed by atoms with van der Waals surface area (Å²) >= 11 is 0. The van der Waals surface area contributed by atoms with E-state index in [0.29, 0.717) is 16.7 Å². The highest BCUT2D eigenvalue weighted by Crippen LogP contribution is 2.24. The molecule has 0 aliphatic carbocycles. The average Bonchev–Trinajstić information content (AvgIpc) is 2.86. The van der Waals surface area contributed by atoms with Gasteiger partial charge in [-0.3, -0.25) is 4.79 Å². The number of carbonyl (C=O) groups excluding carboxylic acids is 1. The summed E-state index contributed by atoms with van der Waals surface area (Å²) < 4.78 is 5.24. The molecule has 1 amide bonds. The van der Waals surface area contributed by atoms with Gasteiger partial charge in [-0.25, -0.2) is 4.79 Å². The van der Waals surface area contributed by atoms with E-state index in [1.165, 1.54) is 6.07 Å². The highest BCUT2D eigenvalue weighted by Gasteiger charge is 2.07. The van der Waals surface area contributed by atoms with Crippen molar-refractivity contribution >= 4 is 22.6 Å². The molecule has 22 heavy (non-hydrogen) atoms. The Kier molecular flexibility index (Phi) is 3.53. The highest BCUT2D eigenvalue weighted by atomic mass is 16.5. The smallest absolute Gasteiger partial charge is 0.323 e. The van der Waals surface area contributed by atoms with Crippen LogP contribution in [0.1, 0.15) is 0 Å². The lowest BCUT2D eigenvalue weighted by atomic mass is 10.3. The summed E-state index contributed by atoms with van der Waals surface area (Å²) in [5.74, 6) is -0.162. The van der Waals surface area contributed by atoms with Crippen LogP contribution in [-0.2, 0) is 4.79 Å². The maximum atomic E-state index is 11.8. The van der Waals surface area contributed by atoms with Crippen LogP contribution >= 0.6 is 0 Å². The molecule has 7 heteroatoms. The topological polar surface area (TPSA) is 107 Å². The fourth-order valence-electron chi connectivity index (χ4n) is 2.03. The molecule has 7 nitrogen and oxygen atoms in total. The van der Waals surface area contributed by atoms with Gasteiger partial charge in [0.05, 0.1) is 11.0 Å². The molecule has 2 aromatic carbocycles. The van der Waals surface area contributed by atoms with Gasteiger partial charge in [-0.15, -0.1) is 0 Å². The Bertz CT molecular complexity index is 882. The first-order valence-corrected chi connectivity index (χ1v) is 6.54. The number of para-hydroxylation sites is 2. The van der Waals surface area contributed by atoms with E-state index in [4.69, 9.17) is 4.74 Å². The lowest BCUT2D eigenvalue weighted by Gasteiger charge is -2.08. The first-order chi connectivity index (χ1) is 10.6. The van der Waals surface area contributed by atoms with E-state index in [0.717, 1.165) is 0 Å². The van der Waals surface area contributed by atoms with Crippen LogP contribution in [0.15, 0.2) is 47.3 Å². The van der Waals surface area contributed by atoms with Crippen molar-refractivity contribution in [3.63, 3.8) is 0 Å². The molecule has 0 unspecified atom stereocenters. The van der Waals surface area contributed by atoms with Crippen molar-refractivity contribution < 1.29 is 14.6 Å². The standard InChI is InChI=1S/C15H13N3O4/c19-12-3-1-2-4-13(12)22-8-14(20)16-9-5-6-10-11(7-9)18-15(21)17-10/h1-7,19H,8H2,(H,16,20)(H2,17,18,21). The van der Waals surface area contributed by atoms with Gasteiger partial charge in [0.2, 0.25) is 0 Å². The number of aromatic hydroxyl groups is 1. The first kappa shape index (κ1) is 13.7. The second kappa shape index (κ2) is 5.65. The second-order valence-electron chi connectivity index (χ2n) is 4.64. The number of aromatic amines is 2. The van der Waals surface area contributed by atoms with Crippen LogP contribution in [0.5, 0.6) is 11.5 Å². The number of amides is 1. The van der Waals surface area contributed by atoms with E-state index in [1.807, 2.05) is 0 Å². The Morgan fingerprint density at radius 1 is 1.14 bits per heavy atom. The molecule has 0 aliphatic rings. The number of carbonyl (C=O) groups is 1. The van der Waals surface area contributed by atoms with Crippen molar-refractivity contribution in [3.05, 3.63) is 52.9 Å². The average molecular weight is 299 g/mol. The van der Waals surface area contributed by atoms with Crippen molar-refractivity contribution in [2.24, 2.45) is 0 Å². The van der Waals surface area contributed by atoms with E-state index < -0.39 is 0 Å². The number of anilines is 1. The molecule has 0 bridgehead atoms. The van der Waals surface area contributed by atoms with Gasteiger partial charge in [0.1, 0.15) is 0 Å². The number of hydrogen-bond donors (Lipinski definition) is 4. The summed E-state index contributed by atoms with van der Waals surface area (Å²) in [6.07, 6.45) is 0. The van der Waals surface area contributed by atoms with E-state index in [2.05, 4.69) is 15.3 Å². The lowest BCUT2D eigenvalue weighted by molar-refractivity contribution is -0.118. The van der Waals surface area contributed by atoms with Gasteiger partial charge in [0, 0.05) is 5.69 Å². The zero-order valence-electron chi connectivity index (χ0n) is 11.4. The molecule has 1 heterocycles. The molecule has 0 fully saturated rings. The van der Waals surface area contributed by atoms with Crippen LogP contribution in [0.3, 0.4) is 0 Å². The molecular formula is C15H13N3O4. The number of hydrogen-bond acceptors (Lipinski definition) is 4. The summed E-state index contributed by atoms with van der Waals surface area (Å²) in [7, 11) is 0. The zero-order valence-corrected chi connectivity index (χ0v) is 11.4. The maximum absolute atomic E-state index is 11.8. The summed E-state index contributed by atoms with van der Waals surface area (Å²) in [4.78, 5) is 28.2. The molecule has 1 aromatic heterocycles. The molecule has 0 aliphatic heterocycles. The Morgan fingerprint density at radius 3 is 2.73 bits per heavy atom. The van der Waals surface area contributed by atoms with Crippen LogP contribution in [0.4, 0.5) is 5.69 Å². The van der Waals surface area contributed by atoms with E-state index >= 15 is 0 Å². The normalized spacial score (nSPS) is 10.5. The predicted octanol–water partition coefficient (Wildman–Crippen LogP) is 1.58. The lowest BCUT2D eigenvalue weighted by Crippen LogP contribution is -2.20. The van der Waals surface area contributed by atoms with Crippen LogP contribution in [0, 0.1) is 0 Å². The molecule has 4 N–H and O–H groups in total. The molecule has 0 radical (unpaired) electrons. The predicted molar refractivity (Wildman–Crippen MR) is 81.2 cm³/mol. The van der Waals surface area contributed by atoms with Gasteiger partial charge < -0.3 is 25.1 Å². The van der Waals surface area contributed by atoms with E-state index in [9.17, 15) is 14.7 Å². The summed E-state index contributed by atoms with van der Waals surface area (Å²) in [6.45, 7) is -0.237. The van der Waals surface area contributed by atoms with Crippen molar-refractivity contribution in [1.29, 1.82) is 0 Å². The number of H-pyrrole nitrogens is 2. The number of fused-ring (bicyclic) bond motifs is 1. The Balaban J connectivity index is 1.65. The molecule has 3 rings (SSSR count). The van der Waals surface area contributed by atoms with Gasteiger partial charge >= 0.3 is 5.69 Å². The second-order valence-corrected chi connectivity index (χ2v) is 4.64. The fraction of sp³-hybridized carbons (Fsp3) is 0.0667. The number of rotatable bonds is 4. The van der Waals surface area contributed by atoms with Crippen molar-refractivity contribution in [1.82, 2.24) is 9.97 Å². The molecule has 3 aromatic rings. The Labute approximate surface area is 124 Å². The van der Waals surface area contributed by atoms with Gasteiger partial charge in [-0.05, 0) is 30.3 Å². The molecular weight excluding hydrogens is 286 g/mol. The zero-order chi connectivity index (χ0) is 15.5. The third kappa shape index (κ3) is 2.93. The van der Waals surface area contributed by atoms with Crippen molar-refractivity contribution in [3.8, 4) is 11.5 Å². The fourth-order valence-corrected chi connectivity index (χ4v) is 2.03. The monoisotopic (exact) mass is 299 g/mol. The number of nitrogens with one attached hydrogen (secondary N) is 3. The minimum atomic E-state index is -0.375. The Morgan fingerprint density at radius 2 is 1.91 bits per heavy atom. The van der Waals surface area contributed by atoms with Crippen LogP contribution in [0.2, 0.25) is 0 Å². The first-order valence-electron chi connectivity index (χ1n) is 6.54. The van der Waals surface area contributed by atoms with Crippen LogP contribution < -0.4 is 15.7 Å². The van der Waals surface area contributed by atoms with Gasteiger partial charge in [-0.2, -0.15) is 0 Å². The number of phenols is 1. The number of phenolic OH excluding ortho intramolecular Hbond substituents is 1. The molecule has 0 saturated carbocycles. The van der Waals surface area contributed by atoms with Gasteiger partial charge in [-0.1, -0.05) is 12.1 Å².